The Morgan fingerprint density at radius 3 is 3.00 bits per heavy atom. The minimum Gasteiger partial charge on any atom is -0.369 e. The monoisotopic (exact) mass is 338 g/mol. The molecular formula is C20H26N4O. The van der Waals surface area contributed by atoms with E-state index >= 15 is 0 Å². The minimum absolute atomic E-state index is 0.288. The van der Waals surface area contributed by atoms with E-state index in [9.17, 15) is 4.79 Å². The van der Waals surface area contributed by atoms with Crippen molar-refractivity contribution in [2.24, 2.45) is 7.05 Å². The van der Waals surface area contributed by atoms with Crippen molar-refractivity contribution >= 4 is 11.6 Å². The van der Waals surface area contributed by atoms with Crippen molar-refractivity contribution in [3.63, 3.8) is 0 Å². The van der Waals surface area contributed by atoms with Crippen LogP contribution in [0.1, 0.15) is 30.5 Å². The molecule has 1 atom stereocenters. The number of hydrogen-bond acceptors (Lipinski definition) is 3. The number of carbonyl (C=O) groups is 1. The second-order valence-corrected chi connectivity index (χ2v) is 7.20. The first-order valence-corrected chi connectivity index (χ1v) is 9.30. The van der Waals surface area contributed by atoms with Gasteiger partial charge in [-0.15, -0.1) is 0 Å². The van der Waals surface area contributed by atoms with Gasteiger partial charge in [-0.05, 0) is 37.3 Å². The number of imidazole rings is 1. The number of likely N-dealkylation sites (tertiary alicyclic amines) is 1. The summed E-state index contributed by atoms with van der Waals surface area (Å²) in [6.45, 7) is 2.95. The van der Waals surface area contributed by atoms with Gasteiger partial charge in [-0.25, -0.2) is 4.98 Å². The highest BCUT2D eigenvalue weighted by atomic mass is 16.2. The minimum atomic E-state index is 0.288. The first-order valence-electron chi connectivity index (χ1n) is 9.30. The van der Waals surface area contributed by atoms with Crippen LogP contribution in [0.4, 0.5) is 5.69 Å². The molecule has 1 saturated heterocycles. The van der Waals surface area contributed by atoms with Gasteiger partial charge in [-0.2, -0.15) is 0 Å². The van der Waals surface area contributed by atoms with Crippen LogP contribution in [0.15, 0.2) is 36.8 Å². The van der Waals surface area contributed by atoms with Crippen LogP contribution >= 0.6 is 0 Å². The van der Waals surface area contributed by atoms with E-state index in [1.54, 1.807) is 6.33 Å². The van der Waals surface area contributed by atoms with Crippen LogP contribution in [0.5, 0.6) is 0 Å². The number of carbonyl (C=O) groups excluding carboxylic acids is 1. The summed E-state index contributed by atoms with van der Waals surface area (Å²) in [5.74, 6) is 0.288. The molecule has 0 radical (unpaired) electrons. The molecule has 0 aliphatic carbocycles. The van der Waals surface area contributed by atoms with Gasteiger partial charge >= 0.3 is 0 Å². The highest BCUT2D eigenvalue weighted by molar-refractivity contribution is 5.77. The molecule has 0 saturated carbocycles. The zero-order valence-corrected chi connectivity index (χ0v) is 14.9. The Labute approximate surface area is 149 Å². The fourth-order valence-corrected chi connectivity index (χ4v) is 4.21. The quantitative estimate of drug-likeness (QED) is 0.841. The SMILES string of the molecule is Cn1cncc1CCC(=O)N1CCCC1CN1CCc2ccccc21. The molecule has 1 aromatic heterocycles. The summed E-state index contributed by atoms with van der Waals surface area (Å²) in [5.41, 5.74) is 3.92. The lowest BCUT2D eigenvalue weighted by Gasteiger charge is -2.30. The average molecular weight is 338 g/mol. The third-order valence-corrected chi connectivity index (χ3v) is 5.62. The summed E-state index contributed by atoms with van der Waals surface area (Å²) in [6, 6.07) is 9.02. The highest BCUT2D eigenvalue weighted by Gasteiger charge is 2.31. The van der Waals surface area contributed by atoms with E-state index in [4.69, 9.17) is 0 Å². The van der Waals surface area contributed by atoms with Gasteiger partial charge in [0.25, 0.3) is 0 Å². The Bertz CT molecular complexity index is 754. The van der Waals surface area contributed by atoms with Gasteiger partial charge in [0, 0.05) is 56.7 Å². The van der Waals surface area contributed by atoms with E-state index in [1.807, 2.05) is 17.8 Å². The van der Waals surface area contributed by atoms with Gasteiger partial charge in [-0.1, -0.05) is 18.2 Å². The van der Waals surface area contributed by atoms with Crippen LogP contribution < -0.4 is 4.90 Å². The lowest BCUT2D eigenvalue weighted by molar-refractivity contribution is -0.131. The van der Waals surface area contributed by atoms with Crippen molar-refractivity contribution in [2.75, 3.05) is 24.5 Å². The molecule has 3 heterocycles. The molecule has 1 amide bonds. The Hall–Kier alpha value is -2.30. The van der Waals surface area contributed by atoms with Gasteiger partial charge in [0.05, 0.1) is 6.33 Å². The molecule has 5 heteroatoms. The predicted octanol–water partition coefficient (Wildman–Crippen LogP) is 2.41. The van der Waals surface area contributed by atoms with E-state index in [0.29, 0.717) is 12.5 Å². The van der Waals surface area contributed by atoms with Crippen LogP contribution in [0.2, 0.25) is 0 Å². The number of nitrogens with zero attached hydrogens (tertiary/aromatic N) is 4. The largest absolute Gasteiger partial charge is 0.369 e. The molecule has 2 aliphatic rings. The van der Waals surface area contributed by atoms with Gasteiger partial charge in [0.2, 0.25) is 5.91 Å². The molecule has 25 heavy (non-hydrogen) atoms. The molecule has 1 unspecified atom stereocenters. The lowest BCUT2D eigenvalue weighted by atomic mass is 10.1. The van der Waals surface area contributed by atoms with Crippen LogP contribution in [0, 0.1) is 0 Å². The summed E-state index contributed by atoms with van der Waals surface area (Å²) < 4.78 is 2.00. The van der Waals surface area contributed by atoms with Crippen molar-refractivity contribution in [1.82, 2.24) is 14.5 Å². The standard InChI is InChI=1S/C20H26N4O/c1-22-15-21-13-17(22)8-9-20(25)24-11-4-6-18(24)14-23-12-10-16-5-2-3-7-19(16)23/h2-3,5,7,13,15,18H,4,6,8-12,14H2,1H3. The first kappa shape index (κ1) is 16.2. The van der Waals surface area contributed by atoms with Crippen LogP contribution in [0.3, 0.4) is 0 Å². The third-order valence-electron chi connectivity index (χ3n) is 5.62. The molecule has 2 aromatic rings. The maximum absolute atomic E-state index is 12.8. The Morgan fingerprint density at radius 2 is 2.16 bits per heavy atom. The zero-order chi connectivity index (χ0) is 17.2. The number of rotatable bonds is 5. The van der Waals surface area contributed by atoms with Gasteiger partial charge in [-0.3, -0.25) is 4.79 Å². The lowest BCUT2D eigenvalue weighted by Crippen LogP contribution is -2.43. The van der Waals surface area contributed by atoms with Gasteiger partial charge in [0.1, 0.15) is 0 Å². The number of aryl methyl sites for hydroxylation is 2. The molecular weight excluding hydrogens is 312 g/mol. The first-order chi connectivity index (χ1) is 12.2. The zero-order valence-electron chi connectivity index (χ0n) is 14.9. The Kier molecular flexibility index (Phi) is 4.47. The topological polar surface area (TPSA) is 41.4 Å². The Balaban J connectivity index is 1.37. The molecule has 2 aliphatic heterocycles. The number of anilines is 1. The smallest absolute Gasteiger partial charge is 0.223 e. The predicted molar refractivity (Wildman–Crippen MR) is 98.6 cm³/mol. The number of fused-ring (bicyclic) bond motifs is 1. The molecule has 0 spiro atoms. The summed E-state index contributed by atoms with van der Waals surface area (Å²) >= 11 is 0. The highest BCUT2D eigenvalue weighted by Crippen LogP contribution is 2.29. The molecule has 0 N–H and O–H groups in total. The van der Waals surface area contributed by atoms with E-state index < -0.39 is 0 Å². The molecule has 1 fully saturated rings. The van der Waals surface area contributed by atoms with Crippen LogP contribution in [-0.4, -0.2) is 46.0 Å². The van der Waals surface area contributed by atoms with E-state index in [-0.39, 0.29) is 5.91 Å². The maximum Gasteiger partial charge on any atom is 0.223 e. The normalized spacial score (nSPS) is 19.5. The van der Waals surface area contributed by atoms with Crippen LogP contribution in [-0.2, 0) is 24.7 Å². The molecule has 132 valence electrons. The average Bonchev–Trinajstić information content (AvgIpc) is 3.34. The maximum atomic E-state index is 12.8. The van der Waals surface area contributed by atoms with Crippen molar-refractivity contribution in [2.45, 2.75) is 38.1 Å². The fraction of sp³-hybridized carbons (Fsp3) is 0.500. The number of hydrogen-bond donors (Lipinski definition) is 0. The van der Waals surface area contributed by atoms with Crippen molar-refractivity contribution in [1.29, 1.82) is 0 Å². The fourth-order valence-electron chi connectivity index (χ4n) is 4.21. The second kappa shape index (κ2) is 6.90. The summed E-state index contributed by atoms with van der Waals surface area (Å²) in [6.07, 6.45) is 8.36. The summed E-state index contributed by atoms with van der Waals surface area (Å²) in [4.78, 5) is 21.5. The van der Waals surface area contributed by atoms with E-state index in [2.05, 4.69) is 39.0 Å². The van der Waals surface area contributed by atoms with E-state index in [1.165, 1.54) is 11.3 Å². The number of benzene rings is 1. The summed E-state index contributed by atoms with van der Waals surface area (Å²) in [7, 11) is 1.98. The van der Waals surface area contributed by atoms with Crippen molar-refractivity contribution in [3.8, 4) is 0 Å². The van der Waals surface area contributed by atoms with Crippen molar-refractivity contribution < 1.29 is 4.79 Å². The van der Waals surface area contributed by atoms with Crippen molar-refractivity contribution in [3.05, 3.63) is 48.0 Å². The molecule has 5 nitrogen and oxygen atoms in total. The van der Waals surface area contributed by atoms with E-state index in [0.717, 1.165) is 51.0 Å². The molecule has 1 aromatic carbocycles. The van der Waals surface area contributed by atoms with Gasteiger partial charge < -0.3 is 14.4 Å². The number of amides is 1. The van der Waals surface area contributed by atoms with Crippen LogP contribution in [0.25, 0.3) is 0 Å². The van der Waals surface area contributed by atoms with Gasteiger partial charge in [0.15, 0.2) is 0 Å². The molecule has 0 bridgehead atoms. The number of aromatic nitrogens is 2. The third kappa shape index (κ3) is 3.28. The second-order valence-electron chi connectivity index (χ2n) is 7.20. The molecule has 4 rings (SSSR count). The Morgan fingerprint density at radius 1 is 1.28 bits per heavy atom. The number of para-hydroxylation sites is 1. The summed E-state index contributed by atoms with van der Waals surface area (Å²) in [5, 5.41) is 0.